The Kier molecular flexibility index (Phi) is 7.42. The maximum atomic E-state index is 5.72. The number of imidazole rings is 1. The van der Waals surface area contributed by atoms with Crippen LogP contribution >= 0.6 is 0 Å². The Labute approximate surface area is 186 Å². The van der Waals surface area contributed by atoms with Gasteiger partial charge in [0.2, 0.25) is 0 Å². The molecule has 0 fully saturated rings. The number of hydrogen-bond donors (Lipinski definition) is 0. The van der Waals surface area contributed by atoms with Crippen molar-refractivity contribution in [2.75, 3.05) is 32.2 Å². The van der Waals surface area contributed by atoms with Gasteiger partial charge >= 0.3 is 0 Å². The lowest BCUT2D eigenvalue weighted by Gasteiger charge is -2.27. The topological polar surface area (TPSA) is 51.9 Å². The van der Waals surface area contributed by atoms with Gasteiger partial charge in [-0.2, -0.15) is 0 Å². The predicted molar refractivity (Wildman–Crippen MR) is 128 cm³/mol. The normalized spacial score (nSPS) is 11.4. The van der Waals surface area contributed by atoms with Gasteiger partial charge in [-0.15, -0.1) is 0 Å². The van der Waals surface area contributed by atoms with Crippen LogP contribution in [-0.2, 0) is 6.42 Å². The Balaban J connectivity index is 2.27. The van der Waals surface area contributed by atoms with Crippen LogP contribution in [-0.4, -0.2) is 41.7 Å². The summed E-state index contributed by atoms with van der Waals surface area (Å²) in [5.74, 6) is 3.22. The highest BCUT2D eigenvalue weighted by atomic mass is 16.5. The fraction of sp³-hybridized carbons (Fsp3) is 0.520. The smallest absolute Gasteiger partial charge is 0.165 e. The highest BCUT2D eigenvalue weighted by molar-refractivity contribution is 5.84. The first-order chi connectivity index (χ1) is 14.9. The van der Waals surface area contributed by atoms with E-state index in [1.165, 1.54) is 5.82 Å². The minimum atomic E-state index is 0.561. The van der Waals surface area contributed by atoms with E-state index in [0.717, 1.165) is 72.0 Å². The van der Waals surface area contributed by atoms with Gasteiger partial charge in [0.05, 0.1) is 25.5 Å². The third-order valence-electron chi connectivity index (χ3n) is 5.48. The molecular formula is C25H36N4O2. The molecule has 0 aliphatic carbocycles. The van der Waals surface area contributed by atoms with Gasteiger partial charge in [0, 0.05) is 25.5 Å². The summed E-state index contributed by atoms with van der Waals surface area (Å²) in [4.78, 5) is 12.3. The van der Waals surface area contributed by atoms with E-state index < -0.39 is 0 Å². The molecule has 0 atom stereocenters. The molecule has 0 amide bonds. The highest BCUT2D eigenvalue weighted by Crippen LogP contribution is 2.41. The van der Waals surface area contributed by atoms with Crippen LogP contribution in [0.5, 0.6) is 11.5 Å². The minimum Gasteiger partial charge on any atom is -0.496 e. The predicted octanol–water partition coefficient (Wildman–Crippen LogP) is 5.55. The second-order valence-corrected chi connectivity index (χ2v) is 8.44. The van der Waals surface area contributed by atoms with Crippen LogP contribution in [0.3, 0.4) is 0 Å². The van der Waals surface area contributed by atoms with E-state index in [-0.39, 0.29) is 0 Å². The zero-order valence-electron chi connectivity index (χ0n) is 20.0. The lowest BCUT2D eigenvalue weighted by atomic mass is 10.1. The third-order valence-corrected chi connectivity index (χ3v) is 5.48. The molecular weight excluding hydrogens is 388 g/mol. The average molecular weight is 425 g/mol. The minimum absolute atomic E-state index is 0.561. The number of hydrogen-bond acceptors (Lipinski definition) is 5. The number of nitrogens with zero attached hydrogens (tertiary/aromatic N) is 4. The fourth-order valence-electron chi connectivity index (χ4n) is 4.11. The number of unbranched alkanes of at least 4 members (excludes halogenated alkanes) is 1. The van der Waals surface area contributed by atoms with Crippen molar-refractivity contribution in [3.05, 3.63) is 35.8 Å². The second-order valence-electron chi connectivity index (χ2n) is 8.44. The summed E-state index contributed by atoms with van der Waals surface area (Å²) >= 11 is 0. The summed E-state index contributed by atoms with van der Waals surface area (Å²) in [5.41, 5.74) is 4.61. The monoisotopic (exact) mass is 424 g/mol. The van der Waals surface area contributed by atoms with E-state index in [0.29, 0.717) is 5.92 Å². The summed E-state index contributed by atoms with van der Waals surface area (Å²) in [6.45, 7) is 13.0. The highest BCUT2D eigenvalue weighted by Gasteiger charge is 2.24. The van der Waals surface area contributed by atoms with Crippen molar-refractivity contribution in [2.45, 2.75) is 53.9 Å². The maximum Gasteiger partial charge on any atom is 0.165 e. The Morgan fingerprint density at radius 2 is 1.77 bits per heavy atom. The van der Waals surface area contributed by atoms with Crippen LogP contribution in [0.2, 0.25) is 0 Å². The lowest BCUT2D eigenvalue weighted by Crippen LogP contribution is -2.30. The van der Waals surface area contributed by atoms with Crippen LogP contribution in [0, 0.1) is 12.8 Å². The SMILES string of the molecule is CCCCN(CC(C)C)c1c(CC)nc2c(-c3c(OC)cc(C)cc3OC)nccn12. The molecule has 0 spiro atoms. The molecule has 0 radical (unpaired) electrons. The van der Waals surface area contributed by atoms with Crippen molar-refractivity contribution < 1.29 is 9.47 Å². The zero-order chi connectivity index (χ0) is 22.5. The first kappa shape index (κ1) is 22.9. The largest absolute Gasteiger partial charge is 0.496 e. The van der Waals surface area contributed by atoms with Crippen LogP contribution < -0.4 is 14.4 Å². The van der Waals surface area contributed by atoms with Gasteiger partial charge in [-0.25, -0.2) is 4.98 Å². The quantitative estimate of drug-likeness (QED) is 0.427. The Morgan fingerprint density at radius 1 is 1.10 bits per heavy atom. The molecule has 0 saturated heterocycles. The first-order valence-electron chi connectivity index (χ1n) is 11.3. The van der Waals surface area contributed by atoms with Crippen molar-refractivity contribution in [3.63, 3.8) is 0 Å². The number of aromatic nitrogens is 3. The summed E-state index contributed by atoms with van der Waals surface area (Å²) in [7, 11) is 3.36. The van der Waals surface area contributed by atoms with Crippen molar-refractivity contribution in [2.24, 2.45) is 5.92 Å². The molecule has 6 heteroatoms. The Bertz CT molecular complexity index is 1000. The fourth-order valence-corrected chi connectivity index (χ4v) is 4.11. The van der Waals surface area contributed by atoms with E-state index in [9.17, 15) is 0 Å². The molecule has 0 bridgehead atoms. The van der Waals surface area contributed by atoms with E-state index in [4.69, 9.17) is 19.4 Å². The average Bonchev–Trinajstić information content (AvgIpc) is 3.14. The van der Waals surface area contributed by atoms with Crippen LogP contribution in [0.4, 0.5) is 5.82 Å². The van der Waals surface area contributed by atoms with Crippen molar-refractivity contribution in [1.29, 1.82) is 0 Å². The molecule has 2 aromatic heterocycles. The molecule has 1 aromatic carbocycles. The van der Waals surface area contributed by atoms with Crippen LogP contribution in [0.15, 0.2) is 24.5 Å². The third kappa shape index (κ3) is 4.63. The molecule has 2 heterocycles. The summed E-state index contributed by atoms with van der Waals surface area (Å²) in [6.07, 6.45) is 7.04. The molecule has 168 valence electrons. The van der Waals surface area contributed by atoms with Gasteiger partial charge < -0.3 is 14.4 Å². The van der Waals surface area contributed by atoms with Gasteiger partial charge in [-0.05, 0) is 43.4 Å². The Morgan fingerprint density at radius 3 is 2.32 bits per heavy atom. The molecule has 6 nitrogen and oxygen atoms in total. The van der Waals surface area contributed by atoms with E-state index in [1.807, 2.05) is 31.5 Å². The summed E-state index contributed by atoms with van der Waals surface area (Å²) in [5, 5.41) is 0. The molecule has 0 aliphatic heterocycles. The van der Waals surface area contributed by atoms with Crippen LogP contribution in [0.25, 0.3) is 16.9 Å². The number of ether oxygens (including phenoxy) is 2. The van der Waals surface area contributed by atoms with Gasteiger partial charge in [-0.3, -0.25) is 9.38 Å². The number of benzene rings is 1. The standard InChI is InChI=1S/C25H36N4O2/c1-8-10-12-28(16-17(3)4)25-19(9-2)27-24-23(26-11-13-29(24)25)22-20(30-6)14-18(5)15-21(22)31-7/h11,13-15,17H,8-10,12,16H2,1-7H3. The molecule has 31 heavy (non-hydrogen) atoms. The van der Waals surface area contributed by atoms with Crippen LogP contribution in [0.1, 0.15) is 51.8 Å². The van der Waals surface area contributed by atoms with Gasteiger partial charge in [0.15, 0.2) is 5.65 Å². The van der Waals surface area contributed by atoms with Crippen molar-refractivity contribution in [3.8, 4) is 22.8 Å². The number of methoxy groups -OCH3 is 2. The van der Waals surface area contributed by atoms with E-state index >= 15 is 0 Å². The summed E-state index contributed by atoms with van der Waals surface area (Å²) in [6, 6.07) is 4.03. The number of aryl methyl sites for hydroxylation is 2. The molecule has 0 unspecified atom stereocenters. The van der Waals surface area contributed by atoms with Crippen molar-refractivity contribution in [1.82, 2.24) is 14.4 Å². The molecule has 3 rings (SSSR count). The number of rotatable bonds is 10. The maximum absolute atomic E-state index is 5.72. The molecule has 3 aromatic rings. The first-order valence-corrected chi connectivity index (χ1v) is 11.3. The number of anilines is 1. The van der Waals surface area contributed by atoms with E-state index in [2.05, 4.69) is 37.0 Å². The molecule has 0 aliphatic rings. The van der Waals surface area contributed by atoms with Gasteiger partial charge in [0.1, 0.15) is 23.0 Å². The van der Waals surface area contributed by atoms with Gasteiger partial charge in [0.25, 0.3) is 0 Å². The zero-order valence-corrected chi connectivity index (χ0v) is 20.0. The Hall–Kier alpha value is -2.76. The molecule has 0 N–H and O–H groups in total. The number of fused-ring (bicyclic) bond motifs is 1. The molecule has 0 saturated carbocycles. The summed E-state index contributed by atoms with van der Waals surface area (Å²) < 4.78 is 13.6. The van der Waals surface area contributed by atoms with Crippen molar-refractivity contribution >= 4 is 11.5 Å². The van der Waals surface area contributed by atoms with Gasteiger partial charge in [-0.1, -0.05) is 34.1 Å². The second kappa shape index (κ2) is 10.0. The van der Waals surface area contributed by atoms with E-state index in [1.54, 1.807) is 14.2 Å². The lowest BCUT2D eigenvalue weighted by molar-refractivity contribution is 0.396.